The van der Waals surface area contributed by atoms with Gasteiger partial charge in [0.2, 0.25) is 0 Å². The molecule has 0 unspecified atom stereocenters. The van der Waals surface area contributed by atoms with Gasteiger partial charge in [-0.2, -0.15) is 0 Å². The molecule has 2 aromatic carbocycles. The third-order valence-electron chi connectivity index (χ3n) is 4.53. The number of hydrogen-bond donors (Lipinski definition) is 0. The summed E-state index contributed by atoms with van der Waals surface area (Å²) < 4.78 is 0. The average Bonchev–Trinajstić information content (AvgIpc) is 2.54. The van der Waals surface area contributed by atoms with E-state index in [-0.39, 0.29) is 0 Å². The van der Waals surface area contributed by atoms with E-state index in [9.17, 15) is 0 Å². The number of nitrogens with zero attached hydrogens (tertiary/aromatic N) is 1. The monoisotopic (exact) mass is 321 g/mol. The summed E-state index contributed by atoms with van der Waals surface area (Å²) in [5, 5.41) is 0.762. The van der Waals surface area contributed by atoms with Crippen molar-refractivity contribution in [3.05, 3.63) is 76.1 Å². The average molecular weight is 322 g/mol. The molecule has 0 N–H and O–H groups in total. The maximum atomic E-state index is 5.96. The predicted octanol–water partition coefficient (Wildman–Crippen LogP) is 6.30. The lowest BCUT2D eigenvalue weighted by Gasteiger charge is -2.14. The highest BCUT2D eigenvalue weighted by Gasteiger charge is 2.11. The molecule has 0 bridgehead atoms. The molecule has 23 heavy (non-hydrogen) atoms. The van der Waals surface area contributed by atoms with Crippen molar-refractivity contribution in [2.75, 3.05) is 0 Å². The minimum atomic E-state index is 0.762. The Bertz CT molecular complexity index is 847. The van der Waals surface area contributed by atoms with Crippen LogP contribution in [0.4, 0.5) is 0 Å². The Labute approximate surface area is 143 Å². The molecule has 1 heterocycles. The third kappa shape index (κ3) is 3.02. The van der Waals surface area contributed by atoms with Crippen LogP contribution in [0.15, 0.2) is 48.5 Å². The summed E-state index contributed by atoms with van der Waals surface area (Å²) >= 11 is 5.96. The number of benzene rings is 2. The van der Waals surface area contributed by atoms with Crippen LogP contribution in [0, 0.1) is 27.7 Å². The number of pyridine rings is 1. The van der Waals surface area contributed by atoms with Crippen molar-refractivity contribution >= 4 is 11.6 Å². The minimum Gasteiger partial charge on any atom is -0.258 e. The molecule has 116 valence electrons. The number of rotatable bonds is 2. The summed E-state index contributed by atoms with van der Waals surface area (Å²) in [5.74, 6) is 0. The first-order valence-corrected chi connectivity index (χ1v) is 8.16. The second-order valence-electron chi connectivity index (χ2n) is 5.99. The van der Waals surface area contributed by atoms with Crippen molar-refractivity contribution < 1.29 is 0 Å². The van der Waals surface area contributed by atoms with Crippen molar-refractivity contribution in [2.24, 2.45) is 0 Å². The van der Waals surface area contributed by atoms with Crippen LogP contribution in [-0.2, 0) is 0 Å². The Hall–Kier alpha value is -2.12. The first kappa shape index (κ1) is 15.8. The summed E-state index contributed by atoms with van der Waals surface area (Å²) in [6.07, 6.45) is 0. The Balaban J connectivity index is 2.03. The van der Waals surface area contributed by atoms with E-state index >= 15 is 0 Å². The molecule has 0 spiro atoms. The lowest BCUT2D eigenvalue weighted by Crippen LogP contribution is -1.99. The highest BCUT2D eigenvalue weighted by molar-refractivity contribution is 6.30. The number of aryl methyl sites for hydroxylation is 2. The van der Waals surface area contributed by atoms with E-state index < -0.39 is 0 Å². The number of hydrogen-bond acceptors (Lipinski definition) is 1. The highest BCUT2D eigenvalue weighted by Crippen LogP contribution is 2.31. The van der Waals surface area contributed by atoms with Crippen LogP contribution in [0.5, 0.6) is 0 Å². The van der Waals surface area contributed by atoms with Gasteiger partial charge >= 0.3 is 0 Å². The van der Waals surface area contributed by atoms with Crippen molar-refractivity contribution in [3.63, 3.8) is 0 Å². The van der Waals surface area contributed by atoms with Gasteiger partial charge < -0.3 is 0 Å². The van der Waals surface area contributed by atoms with Gasteiger partial charge in [0.15, 0.2) is 0 Å². The first-order valence-electron chi connectivity index (χ1n) is 7.78. The van der Waals surface area contributed by atoms with Gasteiger partial charge in [-0.25, -0.2) is 0 Å². The molecule has 2 heteroatoms. The maximum Gasteiger partial charge on any atom is 0.0457 e. The molecule has 0 saturated heterocycles. The molecular formula is C21H20ClN. The molecule has 0 radical (unpaired) electrons. The molecule has 0 fully saturated rings. The normalized spacial score (nSPS) is 10.8. The fraction of sp³-hybridized carbons (Fsp3) is 0.190. The van der Waals surface area contributed by atoms with E-state index in [2.05, 4.69) is 56.9 Å². The minimum absolute atomic E-state index is 0.762. The Morgan fingerprint density at radius 2 is 1.09 bits per heavy atom. The van der Waals surface area contributed by atoms with Crippen molar-refractivity contribution in [1.29, 1.82) is 0 Å². The molecule has 0 aliphatic heterocycles. The van der Waals surface area contributed by atoms with Crippen LogP contribution in [0.25, 0.3) is 22.3 Å². The summed E-state index contributed by atoms with van der Waals surface area (Å²) in [5.41, 5.74) is 9.61. The topological polar surface area (TPSA) is 12.9 Å². The predicted molar refractivity (Wildman–Crippen MR) is 99.1 cm³/mol. The molecule has 0 atom stereocenters. The van der Waals surface area contributed by atoms with Crippen molar-refractivity contribution in [1.82, 2.24) is 4.98 Å². The van der Waals surface area contributed by atoms with Gasteiger partial charge in [-0.1, -0.05) is 48.0 Å². The molecule has 0 saturated carbocycles. The van der Waals surface area contributed by atoms with Gasteiger partial charge in [-0.15, -0.1) is 0 Å². The van der Waals surface area contributed by atoms with Crippen LogP contribution >= 0.6 is 11.6 Å². The van der Waals surface area contributed by atoms with Gasteiger partial charge in [0.1, 0.15) is 0 Å². The Morgan fingerprint density at radius 3 is 1.65 bits per heavy atom. The molecule has 1 aromatic heterocycles. The molecular weight excluding hydrogens is 302 g/mol. The van der Waals surface area contributed by atoms with Gasteiger partial charge in [-0.05, 0) is 67.6 Å². The van der Waals surface area contributed by atoms with E-state index in [1.807, 2.05) is 24.3 Å². The van der Waals surface area contributed by atoms with Crippen molar-refractivity contribution in [2.45, 2.75) is 27.7 Å². The zero-order chi connectivity index (χ0) is 16.6. The van der Waals surface area contributed by atoms with E-state index in [1.165, 1.54) is 33.4 Å². The Morgan fingerprint density at radius 1 is 0.609 bits per heavy atom. The molecule has 0 aliphatic rings. The lowest BCUT2D eigenvalue weighted by atomic mass is 9.94. The van der Waals surface area contributed by atoms with Gasteiger partial charge in [0.25, 0.3) is 0 Å². The lowest BCUT2D eigenvalue weighted by molar-refractivity contribution is 1.07. The Kier molecular flexibility index (Phi) is 4.23. The summed E-state index contributed by atoms with van der Waals surface area (Å²) in [7, 11) is 0. The number of halogens is 1. The number of aromatic nitrogens is 1. The van der Waals surface area contributed by atoms with Crippen LogP contribution in [0.3, 0.4) is 0 Å². The molecule has 1 nitrogen and oxygen atoms in total. The summed E-state index contributed by atoms with van der Waals surface area (Å²) in [6, 6.07) is 16.6. The highest BCUT2D eigenvalue weighted by atomic mass is 35.5. The third-order valence-corrected chi connectivity index (χ3v) is 4.78. The largest absolute Gasteiger partial charge is 0.258 e. The van der Waals surface area contributed by atoms with E-state index in [0.29, 0.717) is 0 Å². The molecule has 0 amide bonds. The second-order valence-corrected chi connectivity index (χ2v) is 6.43. The summed E-state index contributed by atoms with van der Waals surface area (Å²) in [6.45, 7) is 8.48. The van der Waals surface area contributed by atoms with Gasteiger partial charge in [-0.3, -0.25) is 4.98 Å². The van der Waals surface area contributed by atoms with Crippen LogP contribution in [0.1, 0.15) is 22.5 Å². The van der Waals surface area contributed by atoms with Gasteiger partial charge in [0.05, 0.1) is 0 Å². The molecule has 0 aliphatic carbocycles. The molecule has 3 aromatic rings. The zero-order valence-electron chi connectivity index (χ0n) is 13.9. The van der Waals surface area contributed by atoms with Gasteiger partial charge in [0, 0.05) is 22.0 Å². The van der Waals surface area contributed by atoms with Crippen LogP contribution in [0.2, 0.25) is 5.02 Å². The van der Waals surface area contributed by atoms with Crippen LogP contribution < -0.4 is 0 Å². The molecule has 3 rings (SSSR count). The second kappa shape index (κ2) is 6.17. The van der Waals surface area contributed by atoms with E-state index in [0.717, 1.165) is 16.4 Å². The standard InChI is InChI=1S/C21H20ClN/c1-13-14(2)21(16(4)23-15(13)3)19-7-5-17(6-8-19)18-9-11-20(22)12-10-18/h5-12H,1-4H3. The van der Waals surface area contributed by atoms with Crippen molar-refractivity contribution in [3.8, 4) is 22.3 Å². The van der Waals surface area contributed by atoms with Crippen LogP contribution in [-0.4, -0.2) is 4.98 Å². The zero-order valence-corrected chi connectivity index (χ0v) is 14.7. The van der Waals surface area contributed by atoms with E-state index in [1.54, 1.807) is 0 Å². The van der Waals surface area contributed by atoms with E-state index in [4.69, 9.17) is 11.6 Å². The fourth-order valence-electron chi connectivity index (χ4n) is 3.02. The maximum absolute atomic E-state index is 5.96. The smallest absolute Gasteiger partial charge is 0.0457 e. The fourth-order valence-corrected chi connectivity index (χ4v) is 3.14. The summed E-state index contributed by atoms with van der Waals surface area (Å²) in [4.78, 5) is 4.69. The first-order chi connectivity index (χ1) is 11.0. The quantitative estimate of drug-likeness (QED) is 0.539. The SMILES string of the molecule is Cc1nc(C)c(-c2ccc(-c3ccc(Cl)cc3)cc2)c(C)c1C.